The van der Waals surface area contributed by atoms with Crippen molar-refractivity contribution in [2.24, 2.45) is 11.6 Å². The van der Waals surface area contributed by atoms with Gasteiger partial charge in [0.25, 0.3) is 6.43 Å². The third kappa shape index (κ3) is 4.45. The van der Waals surface area contributed by atoms with Gasteiger partial charge in [-0.15, -0.1) is 0 Å². The molecule has 12 heavy (non-hydrogen) atoms. The molecule has 0 atom stereocenters. The van der Waals surface area contributed by atoms with Crippen molar-refractivity contribution in [2.75, 3.05) is 6.54 Å². The molecule has 0 aromatic carbocycles. The lowest BCUT2D eigenvalue weighted by atomic mass is 10.5. The van der Waals surface area contributed by atoms with Crippen LogP contribution in [0.25, 0.3) is 0 Å². The molecule has 0 aromatic rings. The van der Waals surface area contributed by atoms with Crippen LogP contribution in [-0.2, 0) is 4.79 Å². The largest absolute Gasteiger partial charge is 0.477 e. The summed E-state index contributed by atoms with van der Waals surface area (Å²) < 4.78 is 23.2. The standard InChI is InChI=1S/C5H9F2N3O2/c6-4(7)2-10(9)1-3(8)5(11)12/h1,4H,2,8-9H2,(H,11,12)/b3-1-. The molecule has 7 heteroatoms. The van der Waals surface area contributed by atoms with E-state index in [0.29, 0.717) is 5.01 Å². The maximum Gasteiger partial charge on any atom is 0.353 e. The van der Waals surface area contributed by atoms with Crippen LogP contribution in [0, 0.1) is 0 Å². The van der Waals surface area contributed by atoms with Crippen LogP contribution in [0.2, 0.25) is 0 Å². The number of hydrogen-bond acceptors (Lipinski definition) is 4. The van der Waals surface area contributed by atoms with Gasteiger partial charge in [0.15, 0.2) is 0 Å². The van der Waals surface area contributed by atoms with Gasteiger partial charge in [-0.05, 0) is 0 Å². The third-order valence-corrected chi connectivity index (χ3v) is 0.901. The highest BCUT2D eigenvalue weighted by Gasteiger charge is 2.07. The summed E-state index contributed by atoms with van der Waals surface area (Å²) in [7, 11) is 0. The van der Waals surface area contributed by atoms with E-state index in [9.17, 15) is 13.6 Å². The Morgan fingerprint density at radius 3 is 2.50 bits per heavy atom. The fraction of sp³-hybridized carbons (Fsp3) is 0.400. The van der Waals surface area contributed by atoms with Gasteiger partial charge in [0.1, 0.15) is 5.70 Å². The Bertz CT molecular complexity index is 195. The molecule has 0 saturated heterocycles. The molecule has 0 aliphatic heterocycles. The fourth-order valence-corrected chi connectivity index (χ4v) is 0.446. The number of carboxylic acid groups (broad SMARTS) is 1. The highest BCUT2D eigenvalue weighted by molar-refractivity contribution is 5.85. The lowest BCUT2D eigenvalue weighted by Gasteiger charge is -2.12. The van der Waals surface area contributed by atoms with Gasteiger partial charge in [0, 0.05) is 6.20 Å². The Hall–Kier alpha value is -1.37. The summed E-state index contributed by atoms with van der Waals surface area (Å²) in [4.78, 5) is 10.1. The van der Waals surface area contributed by atoms with Crippen LogP contribution in [-0.4, -0.2) is 29.1 Å². The summed E-state index contributed by atoms with van der Waals surface area (Å²) in [5.41, 5.74) is 4.30. The molecule has 0 rings (SSSR count). The van der Waals surface area contributed by atoms with E-state index in [1.54, 1.807) is 0 Å². The van der Waals surface area contributed by atoms with E-state index >= 15 is 0 Å². The molecule has 0 amide bonds. The normalized spacial score (nSPS) is 11.8. The molecule has 0 unspecified atom stereocenters. The van der Waals surface area contributed by atoms with Crippen molar-refractivity contribution in [3.63, 3.8) is 0 Å². The van der Waals surface area contributed by atoms with E-state index in [0.717, 1.165) is 6.20 Å². The minimum absolute atomic E-state index is 0.522. The van der Waals surface area contributed by atoms with Crippen molar-refractivity contribution in [3.8, 4) is 0 Å². The first-order chi connectivity index (χ1) is 5.43. The summed E-state index contributed by atoms with van der Waals surface area (Å²) in [5, 5.41) is 8.72. The zero-order chi connectivity index (χ0) is 9.72. The Labute approximate surface area is 67.2 Å². The van der Waals surface area contributed by atoms with Gasteiger partial charge >= 0.3 is 5.97 Å². The number of carbonyl (C=O) groups is 1. The Kier molecular flexibility index (Phi) is 3.98. The maximum atomic E-state index is 11.6. The minimum Gasteiger partial charge on any atom is -0.477 e. The Morgan fingerprint density at radius 2 is 2.17 bits per heavy atom. The number of alkyl halides is 2. The predicted molar refractivity (Wildman–Crippen MR) is 36.8 cm³/mol. The molecular formula is C5H9F2N3O2. The van der Waals surface area contributed by atoms with Crippen molar-refractivity contribution < 1.29 is 18.7 Å². The topological polar surface area (TPSA) is 92.6 Å². The molecule has 70 valence electrons. The van der Waals surface area contributed by atoms with Crippen LogP contribution in [0.4, 0.5) is 8.78 Å². The Balaban J connectivity index is 4.05. The summed E-state index contributed by atoms with van der Waals surface area (Å²) in [5.74, 6) is 3.54. The average Bonchev–Trinajstić information content (AvgIpc) is 1.84. The zero-order valence-corrected chi connectivity index (χ0v) is 6.08. The van der Waals surface area contributed by atoms with Crippen molar-refractivity contribution >= 4 is 5.97 Å². The molecule has 0 heterocycles. The number of nitrogens with two attached hydrogens (primary N) is 2. The number of hydrazine groups is 1. The SMILES string of the molecule is N/C(=C\N(N)CC(F)F)C(=O)O. The van der Waals surface area contributed by atoms with Gasteiger partial charge in [-0.3, -0.25) is 0 Å². The van der Waals surface area contributed by atoms with Crippen LogP contribution in [0.3, 0.4) is 0 Å². The highest BCUT2D eigenvalue weighted by atomic mass is 19.3. The van der Waals surface area contributed by atoms with Crippen molar-refractivity contribution in [1.29, 1.82) is 0 Å². The van der Waals surface area contributed by atoms with Crippen LogP contribution in [0.5, 0.6) is 0 Å². The van der Waals surface area contributed by atoms with Crippen LogP contribution in [0.1, 0.15) is 0 Å². The number of hydrogen-bond donors (Lipinski definition) is 3. The van der Waals surface area contributed by atoms with Gasteiger partial charge in [-0.2, -0.15) is 0 Å². The predicted octanol–water partition coefficient (Wildman–Crippen LogP) is -0.688. The number of carboxylic acids is 1. The molecular weight excluding hydrogens is 172 g/mol. The first kappa shape index (κ1) is 10.6. The van der Waals surface area contributed by atoms with E-state index in [-0.39, 0.29) is 0 Å². The molecule has 0 fully saturated rings. The number of halogens is 2. The fourth-order valence-electron chi connectivity index (χ4n) is 0.446. The first-order valence-electron chi connectivity index (χ1n) is 2.93. The molecule has 0 spiro atoms. The minimum atomic E-state index is -2.63. The first-order valence-corrected chi connectivity index (χ1v) is 2.93. The van der Waals surface area contributed by atoms with Gasteiger partial charge < -0.3 is 15.8 Å². The Morgan fingerprint density at radius 1 is 1.67 bits per heavy atom. The lowest BCUT2D eigenvalue weighted by Crippen LogP contribution is -2.32. The summed E-state index contributed by atoms with van der Waals surface area (Å²) in [6.07, 6.45) is -1.90. The van der Waals surface area contributed by atoms with E-state index in [4.69, 9.17) is 16.7 Å². The number of nitrogens with zero attached hydrogens (tertiary/aromatic N) is 1. The molecule has 5 nitrogen and oxygen atoms in total. The molecule has 0 bridgehead atoms. The highest BCUT2D eigenvalue weighted by Crippen LogP contribution is 1.95. The summed E-state index contributed by atoms with van der Waals surface area (Å²) in [6, 6.07) is 0. The van der Waals surface area contributed by atoms with Crippen LogP contribution >= 0.6 is 0 Å². The summed E-state index contributed by atoms with van der Waals surface area (Å²) >= 11 is 0. The maximum absolute atomic E-state index is 11.6. The molecule has 0 aliphatic carbocycles. The van der Waals surface area contributed by atoms with E-state index in [2.05, 4.69) is 0 Å². The number of rotatable bonds is 4. The number of aliphatic carboxylic acids is 1. The molecule has 0 aromatic heterocycles. The van der Waals surface area contributed by atoms with Crippen molar-refractivity contribution in [2.45, 2.75) is 6.43 Å². The molecule has 0 aliphatic rings. The quantitative estimate of drug-likeness (QED) is 0.303. The zero-order valence-electron chi connectivity index (χ0n) is 6.08. The van der Waals surface area contributed by atoms with E-state index in [1.165, 1.54) is 0 Å². The van der Waals surface area contributed by atoms with Crippen LogP contribution in [0.15, 0.2) is 11.9 Å². The van der Waals surface area contributed by atoms with Gasteiger partial charge in [-0.25, -0.2) is 19.4 Å². The average molecular weight is 181 g/mol. The smallest absolute Gasteiger partial charge is 0.353 e. The van der Waals surface area contributed by atoms with Gasteiger partial charge in [0.2, 0.25) is 0 Å². The van der Waals surface area contributed by atoms with Gasteiger partial charge in [0.05, 0.1) is 6.54 Å². The van der Waals surface area contributed by atoms with Crippen molar-refractivity contribution in [3.05, 3.63) is 11.9 Å². The van der Waals surface area contributed by atoms with Crippen LogP contribution < -0.4 is 11.6 Å². The molecule has 0 radical (unpaired) electrons. The van der Waals surface area contributed by atoms with Crippen molar-refractivity contribution in [1.82, 2.24) is 5.01 Å². The second kappa shape index (κ2) is 4.50. The molecule has 5 N–H and O–H groups in total. The second-order valence-corrected chi connectivity index (χ2v) is 1.98. The summed E-state index contributed by atoms with van der Waals surface area (Å²) in [6.45, 7) is -0.756. The third-order valence-electron chi connectivity index (χ3n) is 0.901. The van der Waals surface area contributed by atoms with E-state index < -0.39 is 24.6 Å². The van der Waals surface area contributed by atoms with Gasteiger partial charge in [-0.1, -0.05) is 0 Å². The molecule has 0 saturated carbocycles. The second-order valence-electron chi connectivity index (χ2n) is 1.98. The van der Waals surface area contributed by atoms with E-state index in [1.807, 2.05) is 0 Å². The lowest BCUT2D eigenvalue weighted by molar-refractivity contribution is -0.132. The monoisotopic (exact) mass is 181 g/mol.